The number of fused-ring (bicyclic) bond motifs is 1. The average Bonchev–Trinajstić information content (AvgIpc) is 2.41. The second-order valence-electron chi connectivity index (χ2n) is 4.51. The molecule has 94 valence electrons. The van der Waals surface area contributed by atoms with E-state index < -0.39 is 5.92 Å². The molecule has 0 saturated heterocycles. The van der Waals surface area contributed by atoms with Gasteiger partial charge in [0.1, 0.15) is 11.5 Å². The van der Waals surface area contributed by atoms with Crippen LogP contribution in [0.3, 0.4) is 0 Å². The molecule has 0 bridgehead atoms. The molecule has 0 aliphatic heterocycles. The van der Waals surface area contributed by atoms with Gasteiger partial charge in [0.25, 0.3) is 0 Å². The van der Waals surface area contributed by atoms with E-state index in [-0.39, 0.29) is 17.3 Å². The van der Waals surface area contributed by atoms with Crippen LogP contribution in [0.1, 0.15) is 22.6 Å². The van der Waals surface area contributed by atoms with Gasteiger partial charge in [0, 0.05) is 17.2 Å². The van der Waals surface area contributed by atoms with Crippen molar-refractivity contribution in [3.05, 3.63) is 71.3 Å². The number of hydrogen-bond donors (Lipinski definition) is 2. The molecule has 19 heavy (non-hydrogen) atoms. The largest absolute Gasteiger partial charge is 0.508 e. The minimum absolute atomic E-state index is 0.0272. The number of carbonyl (C=O) groups is 1. The van der Waals surface area contributed by atoms with Crippen LogP contribution in [0, 0.1) is 0 Å². The zero-order valence-corrected chi connectivity index (χ0v) is 10.1. The molecule has 2 aromatic rings. The number of ketones is 1. The first-order valence-corrected chi connectivity index (χ1v) is 6.00. The summed E-state index contributed by atoms with van der Waals surface area (Å²) >= 11 is 0. The predicted octanol–water partition coefficient (Wildman–Crippen LogP) is 3.01. The summed E-state index contributed by atoms with van der Waals surface area (Å²) in [5, 5.41) is 19.9. The van der Waals surface area contributed by atoms with E-state index in [2.05, 4.69) is 0 Å². The normalized spacial score (nSPS) is 17.8. The molecule has 1 aliphatic carbocycles. The van der Waals surface area contributed by atoms with E-state index in [4.69, 9.17) is 0 Å². The lowest BCUT2D eigenvalue weighted by Crippen LogP contribution is -2.18. The van der Waals surface area contributed by atoms with Gasteiger partial charge in [0.15, 0.2) is 5.78 Å². The Bertz CT molecular complexity index is 672. The van der Waals surface area contributed by atoms with Gasteiger partial charge >= 0.3 is 0 Å². The summed E-state index contributed by atoms with van der Waals surface area (Å²) in [6.07, 6.45) is 1.22. The molecule has 2 N–H and O–H groups in total. The first-order chi connectivity index (χ1) is 9.18. The van der Waals surface area contributed by atoms with Crippen molar-refractivity contribution >= 4 is 11.5 Å². The number of aliphatic hydroxyl groups excluding tert-OH is 1. The Balaban J connectivity index is 2.26. The summed E-state index contributed by atoms with van der Waals surface area (Å²) in [6.45, 7) is 0. The molecule has 2 aromatic carbocycles. The van der Waals surface area contributed by atoms with Crippen molar-refractivity contribution in [2.75, 3.05) is 0 Å². The fourth-order valence-corrected chi connectivity index (χ4v) is 2.49. The lowest BCUT2D eigenvalue weighted by molar-refractivity contribution is -0.115. The zero-order valence-electron chi connectivity index (χ0n) is 10.1. The number of aliphatic hydroxyl groups is 1. The van der Waals surface area contributed by atoms with E-state index in [1.165, 1.54) is 12.1 Å². The van der Waals surface area contributed by atoms with Crippen LogP contribution < -0.4 is 0 Å². The van der Waals surface area contributed by atoms with Crippen molar-refractivity contribution in [2.45, 2.75) is 5.92 Å². The molecule has 0 spiro atoms. The Morgan fingerprint density at radius 2 is 1.63 bits per heavy atom. The summed E-state index contributed by atoms with van der Waals surface area (Å²) in [4.78, 5) is 12.2. The Labute approximate surface area is 110 Å². The van der Waals surface area contributed by atoms with Gasteiger partial charge < -0.3 is 10.2 Å². The lowest BCUT2D eigenvalue weighted by atomic mass is 9.80. The molecule has 0 fully saturated rings. The third-order valence-corrected chi connectivity index (χ3v) is 3.34. The second kappa shape index (κ2) is 4.28. The fraction of sp³-hybridized carbons (Fsp3) is 0.0625. The lowest BCUT2D eigenvalue weighted by Gasteiger charge is -2.23. The van der Waals surface area contributed by atoms with Crippen LogP contribution in [0.2, 0.25) is 0 Å². The van der Waals surface area contributed by atoms with Gasteiger partial charge in [-0.05, 0) is 11.6 Å². The van der Waals surface area contributed by atoms with E-state index in [0.717, 1.165) is 5.56 Å². The third-order valence-electron chi connectivity index (χ3n) is 3.34. The molecule has 3 heteroatoms. The number of carbonyl (C=O) groups excluding carboxylic acids is 1. The van der Waals surface area contributed by atoms with Crippen molar-refractivity contribution in [2.24, 2.45) is 0 Å². The minimum Gasteiger partial charge on any atom is -0.508 e. The Kier molecular flexibility index (Phi) is 2.60. The first kappa shape index (κ1) is 11.5. The van der Waals surface area contributed by atoms with E-state index >= 15 is 0 Å². The van der Waals surface area contributed by atoms with Gasteiger partial charge in [-0.15, -0.1) is 0 Å². The van der Waals surface area contributed by atoms with Gasteiger partial charge in [-0.3, -0.25) is 4.79 Å². The van der Waals surface area contributed by atoms with Gasteiger partial charge in [0.05, 0.1) is 5.92 Å². The van der Waals surface area contributed by atoms with Crippen LogP contribution in [0.5, 0.6) is 5.75 Å². The molecular weight excluding hydrogens is 240 g/mol. The summed E-state index contributed by atoms with van der Waals surface area (Å²) in [6, 6.07) is 14.1. The van der Waals surface area contributed by atoms with Crippen molar-refractivity contribution in [1.29, 1.82) is 0 Å². The molecule has 0 saturated carbocycles. The summed E-state index contributed by atoms with van der Waals surface area (Å²) < 4.78 is 0. The number of phenolic OH excluding ortho intramolecular Hbond substituents is 1. The van der Waals surface area contributed by atoms with Crippen LogP contribution in [-0.2, 0) is 4.79 Å². The summed E-state index contributed by atoms with van der Waals surface area (Å²) in [5.41, 5.74) is 1.78. The number of allylic oxidation sites excluding steroid dienone is 1. The predicted molar refractivity (Wildman–Crippen MR) is 72.0 cm³/mol. The van der Waals surface area contributed by atoms with Crippen molar-refractivity contribution in [3.63, 3.8) is 0 Å². The van der Waals surface area contributed by atoms with Gasteiger partial charge in [-0.25, -0.2) is 0 Å². The standard InChI is InChI=1S/C16H12O3/c17-12-8-4-7-11-13(18)9-14(19)15(16(11)12)10-5-2-1-3-6-10/h1-9,15,17-18H. The van der Waals surface area contributed by atoms with Gasteiger partial charge in [-0.1, -0.05) is 42.5 Å². The maximum Gasteiger partial charge on any atom is 0.171 e. The highest BCUT2D eigenvalue weighted by molar-refractivity contribution is 6.06. The van der Waals surface area contributed by atoms with Gasteiger partial charge in [0.2, 0.25) is 0 Å². The Hall–Kier alpha value is -2.55. The van der Waals surface area contributed by atoms with Crippen LogP contribution >= 0.6 is 0 Å². The second-order valence-corrected chi connectivity index (χ2v) is 4.51. The molecule has 0 radical (unpaired) electrons. The Morgan fingerprint density at radius 1 is 0.895 bits per heavy atom. The topological polar surface area (TPSA) is 57.5 Å². The molecular formula is C16H12O3. The number of benzene rings is 2. The minimum atomic E-state index is -0.562. The van der Waals surface area contributed by atoms with Crippen molar-refractivity contribution in [1.82, 2.24) is 0 Å². The molecule has 3 nitrogen and oxygen atoms in total. The molecule has 1 unspecified atom stereocenters. The fourth-order valence-electron chi connectivity index (χ4n) is 2.49. The van der Waals surface area contributed by atoms with Crippen LogP contribution in [0.25, 0.3) is 5.76 Å². The van der Waals surface area contributed by atoms with E-state index in [1.54, 1.807) is 12.1 Å². The average molecular weight is 252 g/mol. The maximum absolute atomic E-state index is 12.2. The monoisotopic (exact) mass is 252 g/mol. The molecule has 0 heterocycles. The zero-order chi connectivity index (χ0) is 13.4. The summed E-state index contributed by atoms with van der Waals surface area (Å²) in [7, 11) is 0. The number of rotatable bonds is 1. The highest BCUT2D eigenvalue weighted by Gasteiger charge is 2.31. The van der Waals surface area contributed by atoms with Crippen LogP contribution in [0.15, 0.2) is 54.6 Å². The number of hydrogen-bond acceptors (Lipinski definition) is 3. The highest BCUT2D eigenvalue weighted by atomic mass is 16.3. The van der Waals surface area contributed by atoms with E-state index in [1.807, 2.05) is 30.3 Å². The molecule has 1 atom stereocenters. The van der Waals surface area contributed by atoms with E-state index in [9.17, 15) is 15.0 Å². The first-order valence-electron chi connectivity index (χ1n) is 6.00. The van der Waals surface area contributed by atoms with Crippen LogP contribution in [-0.4, -0.2) is 16.0 Å². The third kappa shape index (κ3) is 1.80. The number of phenols is 1. The molecule has 1 aliphatic rings. The van der Waals surface area contributed by atoms with Crippen molar-refractivity contribution < 1.29 is 15.0 Å². The van der Waals surface area contributed by atoms with Gasteiger partial charge in [-0.2, -0.15) is 0 Å². The van der Waals surface area contributed by atoms with E-state index in [0.29, 0.717) is 11.1 Å². The van der Waals surface area contributed by atoms with Crippen molar-refractivity contribution in [3.8, 4) is 5.75 Å². The SMILES string of the molecule is O=C1C=C(O)c2cccc(O)c2C1c1ccccc1. The highest BCUT2D eigenvalue weighted by Crippen LogP contribution is 2.40. The Morgan fingerprint density at radius 3 is 2.37 bits per heavy atom. The molecule has 0 aromatic heterocycles. The quantitative estimate of drug-likeness (QED) is 0.820. The smallest absolute Gasteiger partial charge is 0.171 e. The number of aromatic hydroxyl groups is 1. The molecule has 3 rings (SSSR count). The summed E-state index contributed by atoms with van der Waals surface area (Å²) in [5.74, 6) is -0.853. The van der Waals surface area contributed by atoms with Crippen LogP contribution in [0.4, 0.5) is 0 Å². The molecule has 0 amide bonds. The maximum atomic E-state index is 12.2.